The van der Waals surface area contributed by atoms with E-state index in [0.29, 0.717) is 16.8 Å². The van der Waals surface area contributed by atoms with Gasteiger partial charge in [-0.1, -0.05) is 48.5 Å². The first kappa shape index (κ1) is 30.2. The Balaban J connectivity index is 1.99. The Bertz CT molecular complexity index is 1360. The van der Waals surface area contributed by atoms with E-state index >= 15 is 0 Å². The minimum absolute atomic E-state index is 0.0894. The van der Waals surface area contributed by atoms with Gasteiger partial charge >= 0.3 is 6.09 Å². The summed E-state index contributed by atoms with van der Waals surface area (Å²) in [5.74, 6) is -0.761. The van der Waals surface area contributed by atoms with Crippen LogP contribution in [0.2, 0.25) is 0 Å². The van der Waals surface area contributed by atoms with E-state index in [9.17, 15) is 19.5 Å². The first-order chi connectivity index (χ1) is 18.7. The van der Waals surface area contributed by atoms with Crippen molar-refractivity contribution in [3.63, 3.8) is 0 Å². The van der Waals surface area contributed by atoms with Gasteiger partial charge in [-0.15, -0.1) is 0 Å². The monoisotopic (exact) mass is 545 g/mol. The molecule has 3 amide bonds. The third-order valence-electron chi connectivity index (χ3n) is 6.60. The van der Waals surface area contributed by atoms with Gasteiger partial charge in [-0.2, -0.15) is 0 Å². The lowest BCUT2D eigenvalue weighted by Gasteiger charge is -2.32. The van der Waals surface area contributed by atoms with Crippen LogP contribution in [0.4, 0.5) is 10.5 Å². The number of para-hydroxylation sites is 1. The lowest BCUT2D eigenvalue weighted by Crippen LogP contribution is -2.52. The molecular formula is C32H39N3O5. The Morgan fingerprint density at radius 3 is 2.15 bits per heavy atom. The molecule has 0 bridgehead atoms. The number of carbonyl (C=O) groups excluding carboxylic acids is 3. The molecule has 2 atom stereocenters. The molecular weight excluding hydrogens is 506 g/mol. The van der Waals surface area contributed by atoms with Crippen molar-refractivity contribution in [2.45, 2.75) is 65.6 Å². The number of amides is 3. The molecule has 0 fully saturated rings. The Hall–Kier alpha value is -4.33. The van der Waals surface area contributed by atoms with E-state index in [1.54, 1.807) is 40.0 Å². The van der Waals surface area contributed by atoms with E-state index in [0.717, 1.165) is 16.7 Å². The largest absolute Gasteiger partial charge is 0.508 e. The molecule has 8 nitrogen and oxygen atoms in total. The summed E-state index contributed by atoms with van der Waals surface area (Å²) in [6.07, 6.45) is -0.619. The lowest BCUT2D eigenvalue weighted by molar-refractivity contribution is -0.139. The quantitative estimate of drug-likeness (QED) is 0.342. The number of likely N-dealkylation sites (N-methyl/N-ethyl adjacent to an activating group) is 1. The zero-order chi connectivity index (χ0) is 29.6. The van der Waals surface area contributed by atoms with Crippen molar-refractivity contribution in [2.24, 2.45) is 0 Å². The highest BCUT2D eigenvalue weighted by atomic mass is 16.6. The summed E-state index contributed by atoms with van der Waals surface area (Å²) >= 11 is 0. The maximum absolute atomic E-state index is 14.0. The maximum atomic E-state index is 14.0. The predicted molar refractivity (Wildman–Crippen MR) is 156 cm³/mol. The van der Waals surface area contributed by atoms with Gasteiger partial charge in [0.25, 0.3) is 5.91 Å². The van der Waals surface area contributed by atoms with Gasteiger partial charge < -0.3 is 25.4 Å². The van der Waals surface area contributed by atoms with Crippen molar-refractivity contribution in [1.29, 1.82) is 0 Å². The number of aromatic hydroxyl groups is 1. The molecule has 2 unspecified atom stereocenters. The standard InChI is InChI=1S/C32H39N3O5/c1-20-12-15-24(18-22(20)3)28(29(37)33-26-11-9-8-10-21(26)2)35(7)30(38)27(34-31(39)40-32(4,5)6)19-23-13-16-25(36)17-14-23/h8-18,27-28,36H,19H2,1-7H3,(H,33,37)(H,34,39). The Morgan fingerprint density at radius 2 is 1.55 bits per heavy atom. The number of hydrogen-bond acceptors (Lipinski definition) is 5. The van der Waals surface area contributed by atoms with Crippen molar-refractivity contribution >= 4 is 23.6 Å². The normalized spacial score (nSPS) is 12.7. The van der Waals surface area contributed by atoms with E-state index in [-0.39, 0.29) is 18.1 Å². The van der Waals surface area contributed by atoms with Crippen LogP contribution in [0.15, 0.2) is 66.7 Å². The van der Waals surface area contributed by atoms with Crippen LogP contribution < -0.4 is 10.6 Å². The van der Waals surface area contributed by atoms with E-state index in [2.05, 4.69) is 10.6 Å². The molecule has 0 aliphatic carbocycles. The number of hydrogen-bond donors (Lipinski definition) is 3. The molecule has 0 saturated carbocycles. The number of ether oxygens (including phenoxy) is 1. The van der Waals surface area contributed by atoms with Crippen LogP contribution in [-0.4, -0.2) is 46.6 Å². The smallest absolute Gasteiger partial charge is 0.408 e. The van der Waals surface area contributed by atoms with Gasteiger partial charge in [0.05, 0.1) is 0 Å². The van der Waals surface area contributed by atoms with E-state index in [4.69, 9.17) is 4.74 Å². The molecule has 0 aliphatic rings. The van der Waals surface area contributed by atoms with Crippen molar-refractivity contribution in [2.75, 3.05) is 12.4 Å². The van der Waals surface area contributed by atoms with Crippen LogP contribution in [0, 0.1) is 20.8 Å². The molecule has 3 N–H and O–H groups in total. The van der Waals surface area contributed by atoms with Gasteiger partial charge in [-0.25, -0.2) is 4.79 Å². The van der Waals surface area contributed by atoms with E-state index in [1.807, 2.05) is 63.2 Å². The number of benzene rings is 3. The summed E-state index contributed by atoms with van der Waals surface area (Å²) in [6.45, 7) is 11.0. The molecule has 0 heterocycles. The highest BCUT2D eigenvalue weighted by Crippen LogP contribution is 2.26. The number of anilines is 1. The number of rotatable bonds is 8. The first-order valence-electron chi connectivity index (χ1n) is 13.2. The summed E-state index contributed by atoms with van der Waals surface area (Å²) in [6, 6.07) is 17.5. The number of alkyl carbamates (subject to hydrolysis) is 1. The summed E-state index contributed by atoms with van der Waals surface area (Å²) in [4.78, 5) is 41.9. The molecule has 0 radical (unpaired) electrons. The Kier molecular flexibility index (Phi) is 9.58. The Labute approximate surface area is 236 Å². The van der Waals surface area contributed by atoms with Crippen LogP contribution in [0.25, 0.3) is 0 Å². The van der Waals surface area contributed by atoms with Gasteiger partial charge in [0.15, 0.2) is 0 Å². The predicted octanol–water partition coefficient (Wildman–Crippen LogP) is 5.59. The molecule has 0 spiro atoms. The molecule has 3 rings (SSSR count). The highest BCUT2D eigenvalue weighted by Gasteiger charge is 2.34. The summed E-state index contributed by atoms with van der Waals surface area (Å²) in [7, 11) is 1.56. The summed E-state index contributed by atoms with van der Waals surface area (Å²) in [5, 5.41) is 15.4. The third kappa shape index (κ3) is 8.09. The third-order valence-corrected chi connectivity index (χ3v) is 6.60. The highest BCUT2D eigenvalue weighted by molar-refractivity contribution is 5.99. The van der Waals surface area contributed by atoms with Crippen LogP contribution >= 0.6 is 0 Å². The van der Waals surface area contributed by atoms with Gasteiger partial charge in [0.2, 0.25) is 5.91 Å². The number of nitrogens with zero attached hydrogens (tertiary/aromatic N) is 1. The van der Waals surface area contributed by atoms with E-state index < -0.39 is 29.7 Å². The maximum Gasteiger partial charge on any atom is 0.408 e. The fourth-order valence-corrected chi connectivity index (χ4v) is 4.29. The average molecular weight is 546 g/mol. The molecule has 40 heavy (non-hydrogen) atoms. The van der Waals surface area contributed by atoms with Crippen molar-refractivity contribution in [3.05, 3.63) is 94.5 Å². The summed E-state index contributed by atoms with van der Waals surface area (Å²) in [5.41, 5.74) is 4.18. The fourth-order valence-electron chi connectivity index (χ4n) is 4.29. The molecule has 8 heteroatoms. The lowest BCUT2D eigenvalue weighted by atomic mass is 9.97. The van der Waals surface area contributed by atoms with Crippen LogP contribution in [0.5, 0.6) is 5.75 Å². The number of carbonyl (C=O) groups is 3. The first-order valence-corrected chi connectivity index (χ1v) is 13.2. The SMILES string of the molecule is Cc1ccc(C(C(=O)Nc2ccccc2C)N(C)C(=O)C(Cc2ccc(O)cc2)NC(=O)OC(C)(C)C)cc1C. The molecule has 3 aromatic rings. The zero-order valence-corrected chi connectivity index (χ0v) is 24.2. The molecule has 0 saturated heterocycles. The van der Waals surface area contributed by atoms with Gasteiger partial charge in [-0.3, -0.25) is 9.59 Å². The number of aryl methyl sites for hydroxylation is 3. The minimum atomic E-state index is -1.04. The van der Waals surface area contributed by atoms with Gasteiger partial charge in [0.1, 0.15) is 23.4 Å². The zero-order valence-electron chi connectivity index (χ0n) is 24.2. The molecule has 3 aromatic carbocycles. The second kappa shape index (κ2) is 12.7. The second-order valence-electron chi connectivity index (χ2n) is 11.1. The number of phenolic OH excluding ortho intramolecular Hbond substituents is 1. The van der Waals surface area contributed by atoms with E-state index in [1.165, 1.54) is 17.0 Å². The van der Waals surface area contributed by atoms with Crippen molar-refractivity contribution in [3.8, 4) is 5.75 Å². The van der Waals surface area contributed by atoms with Gasteiger partial charge in [-0.05, 0) is 87.6 Å². The second-order valence-corrected chi connectivity index (χ2v) is 11.1. The van der Waals surface area contributed by atoms with Crippen LogP contribution in [-0.2, 0) is 20.7 Å². The average Bonchev–Trinajstić information content (AvgIpc) is 2.87. The van der Waals surface area contributed by atoms with Gasteiger partial charge in [0, 0.05) is 19.2 Å². The topological polar surface area (TPSA) is 108 Å². The minimum Gasteiger partial charge on any atom is -0.508 e. The molecule has 0 aliphatic heterocycles. The van der Waals surface area contributed by atoms with Crippen molar-refractivity contribution in [1.82, 2.24) is 10.2 Å². The fraction of sp³-hybridized carbons (Fsp3) is 0.344. The van der Waals surface area contributed by atoms with Crippen molar-refractivity contribution < 1.29 is 24.2 Å². The number of nitrogens with one attached hydrogen (secondary N) is 2. The summed E-state index contributed by atoms with van der Waals surface area (Å²) < 4.78 is 5.43. The number of phenols is 1. The molecule has 0 aromatic heterocycles. The Morgan fingerprint density at radius 1 is 0.900 bits per heavy atom. The van der Waals surface area contributed by atoms with Crippen LogP contribution in [0.3, 0.4) is 0 Å². The van der Waals surface area contributed by atoms with Crippen LogP contribution in [0.1, 0.15) is 54.6 Å². The molecule has 212 valence electrons.